The third-order valence-corrected chi connectivity index (χ3v) is 3.44. The van der Waals surface area contributed by atoms with Gasteiger partial charge in [-0.15, -0.1) is 0 Å². The molecule has 1 amide bonds. The molecule has 0 radical (unpaired) electrons. The van der Waals surface area contributed by atoms with E-state index in [1.807, 2.05) is 0 Å². The van der Waals surface area contributed by atoms with Crippen LogP contribution in [-0.4, -0.2) is 48.8 Å². The van der Waals surface area contributed by atoms with Gasteiger partial charge in [-0.1, -0.05) is 0 Å². The molecule has 0 aromatic rings. The summed E-state index contributed by atoms with van der Waals surface area (Å²) < 4.78 is 5.17. The van der Waals surface area contributed by atoms with Crippen LogP contribution in [0.3, 0.4) is 0 Å². The molecule has 0 aliphatic carbocycles. The van der Waals surface area contributed by atoms with Crippen LogP contribution in [0.4, 0.5) is 0 Å². The zero-order valence-corrected chi connectivity index (χ0v) is 10.7. The summed E-state index contributed by atoms with van der Waals surface area (Å²) in [5.41, 5.74) is -1.79. The van der Waals surface area contributed by atoms with Crippen molar-refractivity contribution in [3.63, 3.8) is 0 Å². The maximum atomic E-state index is 11.9. The van der Waals surface area contributed by atoms with Crippen LogP contribution in [0.2, 0.25) is 0 Å². The number of hydrogen-bond donors (Lipinski definition) is 3. The van der Waals surface area contributed by atoms with E-state index in [1.165, 1.54) is 0 Å². The van der Waals surface area contributed by atoms with Crippen LogP contribution in [-0.2, 0) is 14.3 Å². The molecule has 6 heteroatoms. The Labute approximate surface area is 101 Å². The van der Waals surface area contributed by atoms with Crippen LogP contribution in [0.15, 0.2) is 0 Å². The number of ether oxygens (including phenoxy) is 1. The minimum atomic E-state index is -1.06. The van der Waals surface area contributed by atoms with Gasteiger partial charge in [0, 0.05) is 0 Å². The average Bonchev–Trinajstić information content (AvgIpc) is 2.61. The van der Waals surface area contributed by atoms with E-state index in [2.05, 4.69) is 10.6 Å². The fourth-order valence-corrected chi connectivity index (χ4v) is 1.54. The van der Waals surface area contributed by atoms with Crippen LogP contribution in [0.5, 0.6) is 0 Å². The van der Waals surface area contributed by atoms with Crippen molar-refractivity contribution in [2.75, 3.05) is 20.3 Å². The lowest BCUT2D eigenvalue weighted by atomic mass is 9.85. The molecule has 17 heavy (non-hydrogen) atoms. The third kappa shape index (κ3) is 2.58. The topological polar surface area (TPSA) is 87.7 Å². The second-order valence-corrected chi connectivity index (χ2v) is 5.14. The fraction of sp³-hybridized carbons (Fsp3) is 0.818. The zero-order chi connectivity index (χ0) is 13.3. The van der Waals surface area contributed by atoms with Gasteiger partial charge in [0.25, 0.3) is 0 Å². The summed E-state index contributed by atoms with van der Waals surface area (Å²) in [6, 6.07) is -0.500. The molecule has 1 aliphatic rings. The highest BCUT2D eigenvalue weighted by atomic mass is 16.5. The maximum absolute atomic E-state index is 11.9. The smallest absolute Gasteiger partial charge is 0.313 e. The van der Waals surface area contributed by atoms with Crippen molar-refractivity contribution in [1.82, 2.24) is 10.6 Å². The molecular formula is C11H20N2O4. The summed E-state index contributed by atoms with van der Waals surface area (Å²) in [7, 11) is 1.68. The largest absolute Gasteiger partial charge is 0.481 e. The second-order valence-electron chi connectivity index (χ2n) is 5.14. The number of hydrogen-bond acceptors (Lipinski definition) is 4. The van der Waals surface area contributed by atoms with Crippen molar-refractivity contribution >= 4 is 11.9 Å². The van der Waals surface area contributed by atoms with E-state index in [0.29, 0.717) is 0 Å². The first-order valence-corrected chi connectivity index (χ1v) is 5.55. The molecule has 98 valence electrons. The highest BCUT2D eigenvalue weighted by Gasteiger charge is 2.48. The highest BCUT2D eigenvalue weighted by Crippen LogP contribution is 2.29. The first-order chi connectivity index (χ1) is 7.74. The second kappa shape index (κ2) is 4.62. The molecule has 0 spiro atoms. The van der Waals surface area contributed by atoms with Gasteiger partial charge in [0.05, 0.1) is 24.8 Å². The van der Waals surface area contributed by atoms with Crippen LogP contribution in [0, 0.1) is 5.41 Å². The summed E-state index contributed by atoms with van der Waals surface area (Å²) >= 11 is 0. The first kappa shape index (κ1) is 13.9. The van der Waals surface area contributed by atoms with Crippen molar-refractivity contribution in [3.05, 3.63) is 0 Å². The molecule has 1 aliphatic heterocycles. The summed E-state index contributed by atoms with van der Waals surface area (Å²) in [4.78, 5) is 23.1. The van der Waals surface area contributed by atoms with Gasteiger partial charge < -0.3 is 20.5 Å². The van der Waals surface area contributed by atoms with Gasteiger partial charge in [0.15, 0.2) is 0 Å². The normalized spacial score (nSPS) is 29.1. The molecule has 3 N–H and O–H groups in total. The van der Waals surface area contributed by atoms with E-state index in [-0.39, 0.29) is 19.1 Å². The molecule has 1 fully saturated rings. The van der Waals surface area contributed by atoms with Gasteiger partial charge in [0.1, 0.15) is 5.41 Å². The van der Waals surface area contributed by atoms with E-state index < -0.39 is 23.0 Å². The van der Waals surface area contributed by atoms with Crippen LogP contribution in [0.1, 0.15) is 20.8 Å². The van der Waals surface area contributed by atoms with Crippen molar-refractivity contribution in [2.45, 2.75) is 32.4 Å². The number of likely N-dealkylation sites (N-methyl/N-ethyl adjacent to an activating group) is 1. The number of carboxylic acid groups (broad SMARTS) is 1. The van der Waals surface area contributed by atoms with E-state index in [1.54, 1.807) is 27.8 Å². The van der Waals surface area contributed by atoms with E-state index >= 15 is 0 Å². The minimum absolute atomic E-state index is 0.118. The van der Waals surface area contributed by atoms with Gasteiger partial charge in [-0.05, 0) is 27.8 Å². The SMILES string of the molecule is CNC(C)(C)C(=O)NC1COCC1(C)C(=O)O. The summed E-state index contributed by atoms with van der Waals surface area (Å²) in [5, 5.41) is 14.8. The summed E-state index contributed by atoms with van der Waals surface area (Å²) in [6.45, 7) is 5.40. The standard InChI is InChI=1S/C11H20N2O4/c1-10(2,12-4)8(14)13-7-5-17-6-11(7,3)9(15)16/h7,12H,5-6H2,1-4H3,(H,13,14)(H,15,16). The van der Waals surface area contributed by atoms with Crippen LogP contribution < -0.4 is 10.6 Å². The number of rotatable bonds is 4. The Morgan fingerprint density at radius 3 is 2.53 bits per heavy atom. The number of aliphatic carboxylic acids is 1. The summed E-state index contributed by atoms with van der Waals surface area (Å²) in [5.74, 6) is -1.19. The predicted octanol–water partition coefficient (Wildman–Crippen LogP) is -0.410. The van der Waals surface area contributed by atoms with Crippen LogP contribution in [0.25, 0.3) is 0 Å². The van der Waals surface area contributed by atoms with E-state index in [9.17, 15) is 9.59 Å². The molecule has 0 aromatic heterocycles. The Kier molecular flexibility index (Phi) is 3.78. The number of carboxylic acids is 1. The maximum Gasteiger partial charge on any atom is 0.313 e. The number of amides is 1. The Balaban J connectivity index is 2.75. The molecule has 2 atom stereocenters. The number of carbonyl (C=O) groups excluding carboxylic acids is 1. The molecule has 1 heterocycles. The lowest BCUT2D eigenvalue weighted by Gasteiger charge is -2.30. The lowest BCUT2D eigenvalue weighted by Crippen LogP contribution is -2.58. The van der Waals surface area contributed by atoms with Crippen molar-refractivity contribution in [2.24, 2.45) is 5.41 Å². The van der Waals surface area contributed by atoms with Gasteiger partial charge in [-0.2, -0.15) is 0 Å². The molecule has 6 nitrogen and oxygen atoms in total. The molecule has 2 unspecified atom stereocenters. The highest BCUT2D eigenvalue weighted by molar-refractivity contribution is 5.86. The Bertz CT molecular complexity index is 329. The predicted molar refractivity (Wildman–Crippen MR) is 61.6 cm³/mol. The molecular weight excluding hydrogens is 224 g/mol. The monoisotopic (exact) mass is 244 g/mol. The van der Waals surface area contributed by atoms with E-state index in [0.717, 1.165) is 0 Å². The van der Waals surface area contributed by atoms with Crippen molar-refractivity contribution < 1.29 is 19.4 Å². The molecule has 0 saturated carbocycles. The quantitative estimate of drug-likeness (QED) is 0.626. The Morgan fingerprint density at radius 2 is 2.06 bits per heavy atom. The Hall–Kier alpha value is -1.14. The van der Waals surface area contributed by atoms with Crippen molar-refractivity contribution in [3.8, 4) is 0 Å². The minimum Gasteiger partial charge on any atom is -0.481 e. The number of nitrogens with one attached hydrogen (secondary N) is 2. The van der Waals surface area contributed by atoms with E-state index in [4.69, 9.17) is 9.84 Å². The zero-order valence-electron chi connectivity index (χ0n) is 10.7. The third-order valence-electron chi connectivity index (χ3n) is 3.44. The molecule has 0 aromatic carbocycles. The van der Waals surface area contributed by atoms with Gasteiger partial charge in [0.2, 0.25) is 5.91 Å². The Morgan fingerprint density at radius 1 is 1.47 bits per heavy atom. The van der Waals surface area contributed by atoms with Crippen LogP contribution >= 0.6 is 0 Å². The summed E-state index contributed by atoms with van der Waals surface area (Å²) in [6.07, 6.45) is 0. The van der Waals surface area contributed by atoms with Gasteiger partial charge >= 0.3 is 5.97 Å². The average molecular weight is 244 g/mol. The first-order valence-electron chi connectivity index (χ1n) is 5.55. The van der Waals surface area contributed by atoms with Crippen molar-refractivity contribution in [1.29, 1.82) is 0 Å². The van der Waals surface area contributed by atoms with Gasteiger partial charge in [-0.25, -0.2) is 0 Å². The molecule has 1 rings (SSSR count). The molecule has 0 bridgehead atoms. The number of carbonyl (C=O) groups is 2. The van der Waals surface area contributed by atoms with Gasteiger partial charge in [-0.3, -0.25) is 9.59 Å². The molecule has 1 saturated heterocycles. The lowest BCUT2D eigenvalue weighted by molar-refractivity contribution is -0.149. The fourth-order valence-electron chi connectivity index (χ4n) is 1.54.